The molecule has 4 heteroatoms. The zero-order chi connectivity index (χ0) is 14.4. The van der Waals surface area contributed by atoms with Gasteiger partial charge < -0.3 is 15.3 Å². The highest BCUT2D eigenvalue weighted by Crippen LogP contribution is 2.29. The average molecular weight is 261 g/mol. The molecule has 0 aromatic heterocycles. The summed E-state index contributed by atoms with van der Waals surface area (Å²) in [4.78, 5) is 2.10. The lowest BCUT2D eigenvalue weighted by molar-refractivity contribution is 0.457. The van der Waals surface area contributed by atoms with Crippen LogP contribution in [-0.4, -0.2) is 25.2 Å². The van der Waals surface area contributed by atoms with Crippen LogP contribution < -0.4 is 10.2 Å². The Balaban J connectivity index is 2.95. The minimum atomic E-state index is -0.0296. The van der Waals surface area contributed by atoms with Crippen LogP contribution in [0.4, 0.5) is 5.69 Å². The minimum absolute atomic E-state index is 0.0296. The summed E-state index contributed by atoms with van der Waals surface area (Å²) in [6.07, 6.45) is 0. The van der Waals surface area contributed by atoms with Crippen molar-refractivity contribution in [3.63, 3.8) is 0 Å². The van der Waals surface area contributed by atoms with Crippen LogP contribution in [0, 0.1) is 17.2 Å². The number of phenols is 1. The second-order valence-electron chi connectivity index (χ2n) is 4.82. The van der Waals surface area contributed by atoms with Crippen molar-refractivity contribution in [3.8, 4) is 11.8 Å². The SMILES string of the molecule is CCN(CC(C)C#N)c1ccc(C(C)NC)c(O)c1. The van der Waals surface area contributed by atoms with Crippen molar-refractivity contribution >= 4 is 5.69 Å². The molecule has 0 aliphatic heterocycles. The van der Waals surface area contributed by atoms with Gasteiger partial charge in [0.05, 0.1) is 12.0 Å². The number of nitriles is 1. The molecule has 0 heterocycles. The summed E-state index contributed by atoms with van der Waals surface area (Å²) in [5.74, 6) is 0.264. The van der Waals surface area contributed by atoms with Crippen LogP contribution in [0.15, 0.2) is 18.2 Å². The fourth-order valence-corrected chi connectivity index (χ4v) is 2.04. The monoisotopic (exact) mass is 261 g/mol. The first-order valence-corrected chi connectivity index (χ1v) is 6.68. The molecule has 2 atom stereocenters. The minimum Gasteiger partial charge on any atom is -0.508 e. The Bertz CT molecular complexity index is 453. The van der Waals surface area contributed by atoms with Gasteiger partial charge in [0, 0.05) is 36.4 Å². The van der Waals surface area contributed by atoms with E-state index in [4.69, 9.17) is 5.26 Å². The third-order valence-electron chi connectivity index (χ3n) is 3.38. The van der Waals surface area contributed by atoms with Gasteiger partial charge in [0.1, 0.15) is 5.75 Å². The van der Waals surface area contributed by atoms with Crippen molar-refractivity contribution in [3.05, 3.63) is 23.8 Å². The van der Waals surface area contributed by atoms with E-state index in [0.29, 0.717) is 12.3 Å². The smallest absolute Gasteiger partial charge is 0.122 e. The van der Waals surface area contributed by atoms with E-state index in [1.807, 2.05) is 40.0 Å². The summed E-state index contributed by atoms with van der Waals surface area (Å²) in [6.45, 7) is 7.44. The van der Waals surface area contributed by atoms with Gasteiger partial charge >= 0.3 is 0 Å². The van der Waals surface area contributed by atoms with Crippen molar-refractivity contribution in [1.29, 1.82) is 5.26 Å². The van der Waals surface area contributed by atoms with Gasteiger partial charge in [-0.1, -0.05) is 6.07 Å². The second kappa shape index (κ2) is 7.01. The van der Waals surface area contributed by atoms with E-state index in [1.54, 1.807) is 6.07 Å². The predicted molar refractivity (Wildman–Crippen MR) is 78.2 cm³/mol. The Morgan fingerprint density at radius 2 is 2.11 bits per heavy atom. The van der Waals surface area contributed by atoms with Crippen LogP contribution in [0.2, 0.25) is 0 Å². The molecule has 2 unspecified atom stereocenters. The third kappa shape index (κ3) is 3.87. The molecule has 1 aromatic carbocycles. The molecule has 19 heavy (non-hydrogen) atoms. The molecule has 0 radical (unpaired) electrons. The maximum atomic E-state index is 10.1. The molecule has 4 nitrogen and oxygen atoms in total. The van der Waals surface area contributed by atoms with Crippen molar-refractivity contribution in [2.75, 3.05) is 25.0 Å². The molecular formula is C15H23N3O. The summed E-state index contributed by atoms with van der Waals surface area (Å²) < 4.78 is 0. The molecule has 0 spiro atoms. The molecule has 0 aliphatic rings. The Hall–Kier alpha value is -1.73. The molecule has 1 rings (SSSR count). The first-order valence-electron chi connectivity index (χ1n) is 6.68. The van der Waals surface area contributed by atoms with Crippen LogP contribution in [-0.2, 0) is 0 Å². The van der Waals surface area contributed by atoms with Gasteiger partial charge in [-0.2, -0.15) is 5.26 Å². The van der Waals surface area contributed by atoms with Crippen molar-refractivity contribution < 1.29 is 5.11 Å². The number of aromatic hydroxyl groups is 1. The fraction of sp³-hybridized carbons (Fsp3) is 0.533. The average Bonchev–Trinajstić information content (AvgIpc) is 2.43. The van der Waals surface area contributed by atoms with Crippen molar-refractivity contribution in [1.82, 2.24) is 5.32 Å². The molecule has 0 saturated carbocycles. The summed E-state index contributed by atoms with van der Waals surface area (Å²) >= 11 is 0. The Kier molecular flexibility index (Phi) is 5.65. The first-order chi connectivity index (χ1) is 9.03. The van der Waals surface area contributed by atoms with Crippen LogP contribution >= 0.6 is 0 Å². The van der Waals surface area contributed by atoms with E-state index in [0.717, 1.165) is 17.8 Å². The third-order valence-corrected chi connectivity index (χ3v) is 3.38. The number of hydrogen-bond donors (Lipinski definition) is 2. The number of rotatable bonds is 6. The van der Waals surface area contributed by atoms with Crippen LogP contribution in [0.1, 0.15) is 32.4 Å². The topological polar surface area (TPSA) is 59.3 Å². The molecule has 0 amide bonds. The molecule has 0 bridgehead atoms. The van der Waals surface area contributed by atoms with E-state index in [9.17, 15) is 5.11 Å². The highest BCUT2D eigenvalue weighted by Gasteiger charge is 2.13. The first kappa shape index (κ1) is 15.3. The number of phenolic OH excluding ortho intramolecular Hbond substituents is 1. The van der Waals surface area contributed by atoms with Gasteiger partial charge in [0.2, 0.25) is 0 Å². The lowest BCUT2D eigenvalue weighted by Crippen LogP contribution is -2.27. The number of anilines is 1. The molecule has 0 fully saturated rings. The summed E-state index contributed by atoms with van der Waals surface area (Å²) in [7, 11) is 1.87. The normalized spacial score (nSPS) is 13.6. The highest BCUT2D eigenvalue weighted by molar-refractivity contribution is 5.54. The quantitative estimate of drug-likeness (QED) is 0.826. The lowest BCUT2D eigenvalue weighted by atomic mass is 10.1. The maximum absolute atomic E-state index is 10.1. The summed E-state index contributed by atoms with van der Waals surface area (Å²) in [5, 5.41) is 22.1. The van der Waals surface area contributed by atoms with Gasteiger partial charge in [-0.15, -0.1) is 0 Å². The largest absolute Gasteiger partial charge is 0.508 e. The number of nitrogens with zero attached hydrogens (tertiary/aromatic N) is 2. The summed E-state index contributed by atoms with van der Waals surface area (Å²) in [6, 6.07) is 8.06. The number of benzene rings is 1. The van der Waals surface area contributed by atoms with E-state index >= 15 is 0 Å². The number of hydrogen-bond acceptors (Lipinski definition) is 4. The van der Waals surface area contributed by atoms with E-state index in [1.165, 1.54) is 0 Å². The van der Waals surface area contributed by atoms with Crippen LogP contribution in [0.3, 0.4) is 0 Å². The Morgan fingerprint density at radius 3 is 2.58 bits per heavy atom. The standard InChI is InChI=1S/C15H23N3O/c1-5-18(10-11(2)9-16)13-6-7-14(12(3)17-4)15(19)8-13/h6-8,11-12,17,19H,5,10H2,1-4H3. The molecule has 0 aliphatic carbocycles. The predicted octanol–water partition coefficient (Wildman–Crippen LogP) is 2.66. The summed E-state index contributed by atoms with van der Waals surface area (Å²) in [5.41, 5.74) is 1.84. The molecule has 1 aromatic rings. The van der Waals surface area contributed by atoms with E-state index in [-0.39, 0.29) is 12.0 Å². The maximum Gasteiger partial charge on any atom is 0.122 e. The number of nitrogens with one attached hydrogen (secondary N) is 1. The molecule has 2 N–H and O–H groups in total. The van der Waals surface area contributed by atoms with Gasteiger partial charge in [-0.3, -0.25) is 0 Å². The molecule has 104 valence electrons. The van der Waals surface area contributed by atoms with Crippen LogP contribution in [0.5, 0.6) is 5.75 Å². The molecular weight excluding hydrogens is 238 g/mol. The fourth-order valence-electron chi connectivity index (χ4n) is 2.04. The Morgan fingerprint density at radius 1 is 1.42 bits per heavy atom. The highest BCUT2D eigenvalue weighted by atomic mass is 16.3. The second-order valence-corrected chi connectivity index (χ2v) is 4.82. The zero-order valence-electron chi connectivity index (χ0n) is 12.1. The zero-order valence-corrected chi connectivity index (χ0v) is 12.1. The van der Waals surface area contributed by atoms with E-state index < -0.39 is 0 Å². The molecule has 0 saturated heterocycles. The van der Waals surface area contributed by atoms with Gasteiger partial charge in [0.25, 0.3) is 0 Å². The van der Waals surface area contributed by atoms with Gasteiger partial charge in [-0.25, -0.2) is 0 Å². The van der Waals surface area contributed by atoms with Crippen molar-refractivity contribution in [2.45, 2.75) is 26.8 Å². The van der Waals surface area contributed by atoms with Crippen LogP contribution in [0.25, 0.3) is 0 Å². The van der Waals surface area contributed by atoms with Crippen molar-refractivity contribution in [2.24, 2.45) is 5.92 Å². The Labute approximate surface area is 115 Å². The van der Waals surface area contributed by atoms with Gasteiger partial charge in [-0.05, 0) is 33.9 Å². The van der Waals surface area contributed by atoms with E-state index in [2.05, 4.69) is 16.3 Å². The lowest BCUT2D eigenvalue weighted by Gasteiger charge is -2.25. The van der Waals surface area contributed by atoms with Gasteiger partial charge in [0.15, 0.2) is 0 Å².